The van der Waals surface area contributed by atoms with Crippen LogP contribution in [0.5, 0.6) is 0 Å². The molecule has 0 saturated carbocycles. The van der Waals surface area contributed by atoms with Crippen LogP contribution in [0.2, 0.25) is 5.02 Å². The van der Waals surface area contributed by atoms with Gasteiger partial charge in [-0.1, -0.05) is 30.3 Å². The van der Waals surface area contributed by atoms with Gasteiger partial charge in [0.05, 0.1) is 23.2 Å². The van der Waals surface area contributed by atoms with E-state index in [0.29, 0.717) is 16.0 Å². The van der Waals surface area contributed by atoms with Crippen LogP contribution in [0.4, 0.5) is 5.82 Å². The van der Waals surface area contributed by atoms with Gasteiger partial charge in [-0.2, -0.15) is 9.78 Å². The Morgan fingerprint density at radius 2 is 2.00 bits per heavy atom. The molecule has 2 atom stereocenters. The first-order valence-corrected chi connectivity index (χ1v) is 9.80. The zero-order valence-corrected chi connectivity index (χ0v) is 16.8. The highest BCUT2D eigenvalue weighted by molar-refractivity contribution is 8.00. The Bertz CT molecular complexity index is 908. The van der Waals surface area contributed by atoms with E-state index in [-0.39, 0.29) is 11.9 Å². The molecule has 1 amide bonds. The molecular formula is C17H20ClN7OS. The molecule has 0 aliphatic rings. The molecule has 3 aromatic rings. The van der Waals surface area contributed by atoms with Crippen LogP contribution < -0.4 is 5.32 Å². The van der Waals surface area contributed by atoms with Crippen molar-refractivity contribution >= 4 is 35.1 Å². The maximum absolute atomic E-state index is 12.6. The number of benzene rings is 1. The molecule has 27 heavy (non-hydrogen) atoms. The van der Waals surface area contributed by atoms with Crippen LogP contribution in [0.3, 0.4) is 0 Å². The van der Waals surface area contributed by atoms with Crippen molar-refractivity contribution in [2.24, 2.45) is 0 Å². The molecule has 2 aromatic heterocycles. The normalized spacial score (nSPS) is 13.3. The number of halogens is 1. The minimum Gasteiger partial charge on any atom is -0.310 e. The number of carbonyl (C=O) groups excluding carboxylic acids is 1. The summed E-state index contributed by atoms with van der Waals surface area (Å²) in [5, 5.41) is 19.7. The summed E-state index contributed by atoms with van der Waals surface area (Å²) in [5.41, 5.74) is 0.773. The van der Waals surface area contributed by atoms with Gasteiger partial charge in [-0.15, -0.1) is 5.10 Å². The first-order valence-electron chi connectivity index (χ1n) is 8.55. The Balaban J connectivity index is 1.70. The number of nitrogens with zero attached hydrogens (tertiary/aromatic N) is 6. The number of hydrogen-bond donors (Lipinski definition) is 1. The maximum Gasteiger partial charge on any atom is 0.238 e. The standard InChI is InChI=1S/C17H20ClN7OS/c1-4-11(2)24-15(9-10-19-24)20-16(26)12(3)27-17-21-22-23-25(17)14-7-5-13(18)6-8-14/h5-12H,4H2,1-3H3,(H,20,26)/t11-,12+/m1/s1. The molecule has 2 heterocycles. The Kier molecular flexibility index (Phi) is 6.12. The smallest absolute Gasteiger partial charge is 0.238 e. The van der Waals surface area contributed by atoms with Gasteiger partial charge in [-0.3, -0.25) is 4.79 Å². The Morgan fingerprint density at radius 3 is 2.70 bits per heavy atom. The molecule has 0 aliphatic carbocycles. The fourth-order valence-electron chi connectivity index (χ4n) is 2.37. The van der Waals surface area contributed by atoms with E-state index in [1.165, 1.54) is 11.8 Å². The third-order valence-corrected chi connectivity index (χ3v) is 5.38. The minimum absolute atomic E-state index is 0.143. The largest absolute Gasteiger partial charge is 0.310 e. The fourth-order valence-corrected chi connectivity index (χ4v) is 3.31. The van der Waals surface area contributed by atoms with Gasteiger partial charge >= 0.3 is 0 Å². The number of thioether (sulfide) groups is 1. The van der Waals surface area contributed by atoms with Crippen molar-refractivity contribution in [3.63, 3.8) is 0 Å². The predicted molar refractivity (Wildman–Crippen MR) is 105 cm³/mol. The lowest BCUT2D eigenvalue weighted by Crippen LogP contribution is -2.25. The Hall–Kier alpha value is -2.39. The lowest BCUT2D eigenvalue weighted by atomic mass is 10.3. The van der Waals surface area contributed by atoms with E-state index in [1.807, 2.05) is 23.7 Å². The summed E-state index contributed by atoms with van der Waals surface area (Å²) in [4.78, 5) is 12.6. The van der Waals surface area contributed by atoms with E-state index in [0.717, 1.165) is 12.1 Å². The molecule has 0 fully saturated rings. The number of hydrogen-bond acceptors (Lipinski definition) is 6. The summed E-state index contributed by atoms with van der Waals surface area (Å²) in [5.74, 6) is 0.537. The molecule has 1 aromatic carbocycles. The molecule has 0 bridgehead atoms. The van der Waals surface area contributed by atoms with Crippen molar-refractivity contribution in [1.29, 1.82) is 0 Å². The van der Waals surface area contributed by atoms with Crippen LogP contribution in [-0.4, -0.2) is 41.1 Å². The molecule has 1 N–H and O–H groups in total. The van der Waals surface area contributed by atoms with E-state index in [9.17, 15) is 4.79 Å². The quantitative estimate of drug-likeness (QED) is 0.604. The lowest BCUT2D eigenvalue weighted by Gasteiger charge is -2.16. The van der Waals surface area contributed by atoms with Crippen LogP contribution in [0.25, 0.3) is 5.69 Å². The van der Waals surface area contributed by atoms with Crippen molar-refractivity contribution in [3.8, 4) is 5.69 Å². The molecule has 0 aliphatic heterocycles. The van der Waals surface area contributed by atoms with Gasteiger partial charge in [0.2, 0.25) is 11.1 Å². The maximum atomic E-state index is 12.6. The van der Waals surface area contributed by atoms with Gasteiger partial charge in [0, 0.05) is 11.1 Å². The summed E-state index contributed by atoms with van der Waals surface area (Å²) in [7, 11) is 0. The number of amides is 1. The Labute approximate surface area is 166 Å². The highest BCUT2D eigenvalue weighted by Gasteiger charge is 2.21. The van der Waals surface area contributed by atoms with Crippen molar-refractivity contribution in [2.45, 2.75) is 43.6 Å². The molecule has 8 nitrogen and oxygen atoms in total. The van der Waals surface area contributed by atoms with Crippen LogP contribution in [0.15, 0.2) is 41.7 Å². The van der Waals surface area contributed by atoms with E-state index in [2.05, 4.69) is 39.8 Å². The second-order valence-corrected chi connectivity index (χ2v) is 7.76. The van der Waals surface area contributed by atoms with Crippen molar-refractivity contribution < 1.29 is 4.79 Å². The number of anilines is 1. The lowest BCUT2D eigenvalue weighted by molar-refractivity contribution is -0.115. The second-order valence-electron chi connectivity index (χ2n) is 6.02. The number of rotatable bonds is 7. The van der Waals surface area contributed by atoms with Gasteiger partial charge in [-0.25, -0.2) is 4.68 Å². The van der Waals surface area contributed by atoms with Crippen LogP contribution in [-0.2, 0) is 4.79 Å². The molecule has 0 spiro atoms. The topological polar surface area (TPSA) is 90.5 Å². The van der Waals surface area contributed by atoms with Crippen LogP contribution in [0.1, 0.15) is 33.2 Å². The van der Waals surface area contributed by atoms with Crippen LogP contribution in [0, 0.1) is 0 Å². The predicted octanol–water partition coefficient (Wildman–Crippen LogP) is 3.60. The zero-order chi connectivity index (χ0) is 19.4. The fraction of sp³-hybridized carbons (Fsp3) is 0.353. The molecule has 0 unspecified atom stereocenters. The van der Waals surface area contributed by atoms with Crippen molar-refractivity contribution in [2.75, 3.05) is 5.32 Å². The molecule has 142 valence electrons. The molecule has 0 saturated heterocycles. The van der Waals surface area contributed by atoms with Gasteiger partial charge in [0.15, 0.2) is 0 Å². The number of nitrogens with one attached hydrogen (secondary N) is 1. The number of aromatic nitrogens is 6. The second kappa shape index (κ2) is 8.53. The first-order chi connectivity index (χ1) is 13.0. The first kappa shape index (κ1) is 19.4. The number of tetrazole rings is 1. The van der Waals surface area contributed by atoms with E-state index >= 15 is 0 Å². The molecule has 0 radical (unpaired) electrons. The minimum atomic E-state index is -0.401. The Morgan fingerprint density at radius 1 is 1.26 bits per heavy atom. The van der Waals surface area contributed by atoms with Gasteiger partial charge in [-0.05, 0) is 55.0 Å². The monoisotopic (exact) mass is 405 g/mol. The third kappa shape index (κ3) is 4.48. The van der Waals surface area contributed by atoms with E-state index < -0.39 is 5.25 Å². The summed E-state index contributed by atoms with van der Waals surface area (Å²) >= 11 is 7.20. The average molecular weight is 406 g/mol. The zero-order valence-electron chi connectivity index (χ0n) is 15.2. The van der Waals surface area contributed by atoms with E-state index in [1.54, 1.807) is 29.1 Å². The third-order valence-electron chi connectivity index (χ3n) is 4.09. The van der Waals surface area contributed by atoms with Gasteiger partial charge < -0.3 is 5.32 Å². The van der Waals surface area contributed by atoms with Crippen molar-refractivity contribution in [3.05, 3.63) is 41.6 Å². The molecule has 10 heteroatoms. The highest BCUT2D eigenvalue weighted by atomic mass is 35.5. The average Bonchev–Trinajstić information content (AvgIpc) is 3.31. The van der Waals surface area contributed by atoms with Crippen molar-refractivity contribution in [1.82, 2.24) is 30.0 Å². The summed E-state index contributed by atoms with van der Waals surface area (Å²) in [6.45, 7) is 5.94. The summed E-state index contributed by atoms with van der Waals surface area (Å²) in [6, 6.07) is 9.16. The summed E-state index contributed by atoms with van der Waals surface area (Å²) in [6.07, 6.45) is 2.60. The number of carbonyl (C=O) groups is 1. The van der Waals surface area contributed by atoms with Gasteiger partial charge in [0.1, 0.15) is 5.82 Å². The van der Waals surface area contributed by atoms with Crippen LogP contribution >= 0.6 is 23.4 Å². The summed E-state index contributed by atoms with van der Waals surface area (Å²) < 4.78 is 3.39. The van der Waals surface area contributed by atoms with Gasteiger partial charge in [0.25, 0.3) is 0 Å². The SMILES string of the molecule is CC[C@@H](C)n1nccc1NC(=O)[C@H](C)Sc1nnnn1-c1ccc(Cl)cc1. The molecule has 3 rings (SSSR count). The highest BCUT2D eigenvalue weighted by Crippen LogP contribution is 2.25. The van der Waals surface area contributed by atoms with E-state index in [4.69, 9.17) is 11.6 Å². The molecular weight excluding hydrogens is 386 g/mol.